The fourth-order valence-electron chi connectivity index (χ4n) is 1.70. The summed E-state index contributed by atoms with van der Waals surface area (Å²) in [5.41, 5.74) is 3.11. The number of hydrogen-bond acceptors (Lipinski definition) is 5. The summed E-state index contributed by atoms with van der Waals surface area (Å²) in [6.45, 7) is 1.89. The van der Waals surface area contributed by atoms with E-state index in [-0.39, 0.29) is 0 Å². The van der Waals surface area contributed by atoms with Crippen molar-refractivity contribution in [2.24, 2.45) is 0 Å². The lowest BCUT2D eigenvalue weighted by Crippen LogP contribution is -1.81. The minimum Gasteiger partial charge on any atom is -0.443 e. The predicted molar refractivity (Wildman–Crippen MR) is 64.6 cm³/mol. The molecule has 0 aliphatic rings. The quantitative estimate of drug-likeness (QED) is 0.656. The number of thiazole rings is 1. The average molecular weight is 241 g/mol. The van der Waals surface area contributed by atoms with Crippen LogP contribution in [0.4, 0.5) is 0 Å². The fourth-order valence-corrected chi connectivity index (χ4v) is 2.44. The summed E-state index contributed by atoms with van der Waals surface area (Å²) >= 11 is 1.40. The fraction of sp³-hybridized carbons (Fsp3) is 0.0833. The van der Waals surface area contributed by atoms with Gasteiger partial charge < -0.3 is 4.42 Å². The molecule has 0 radical (unpaired) electrons. The van der Waals surface area contributed by atoms with Crippen molar-refractivity contribution in [3.8, 4) is 17.3 Å². The summed E-state index contributed by atoms with van der Waals surface area (Å²) in [7, 11) is 0. The first-order valence-electron chi connectivity index (χ1n) is 4.99. The van der Waals surface area contributed by atoms with E-state index < -0.39 is 0 Å². The van der Waals surface area contributed by atoms with Crippen molar-refractivity contribution in [2.45, 2.75) is 6.92 Å². The number of rotatable bonds is 1. The highest BCUT2D eigenvalue weighted by atomic mass is 32.1. The number of oxazole rings is 1. The number of aromatic nitrogens is 2. The molecule has 0 amide bonds. The molecule has 0 fully saturated rings. The summed E-state index contributed by atoms with van der Waals surface area (Å²) in [4.78, 5) is 9.05. The van der Waals surface area contributed by atoms with E-state index in [2.05, 4.69) is 16.0 Å². The van der Waals surface area contributed by atoms with E-state index in [1.165, 1.54) is 17.7 Å². The van der Waals surface area contributed by atoms with Gasteiger partial charge in [0, 0.05) is 5.56 Å². The molecule has 0 aliphatic heterocycles. The molecule has 0 bridgehead atoms. The Morgan fingerprint density at radius 1 is 1.41 bits per heavy atom. The molecular formula is C12H7N3OS. The maximum Gasteiger partial charge on any atom is 0.181 e. The Morgan fingerprint density at radius 3 is 3.12 bits per heavy atom. The molecule has 82 valence electrons. The van der Waals surface area contributed by atoms with E-state index in [0.717, 1.165) is 16.1 Å². The Morgan fingerprint density at radius 2 is 2.29 bits per heavy atom. The molecular weight excluding hydrogens is 234 g/mol. The van der Waals surface area contributed by atoms with Crippen molar-refractivity contribution in [2.75, 3.05) is 0 Å². The van der Waals surface area contributed by atoms with Gasteiger partial charge in [0.15, 0.2) is 12.0 Å². The molecule has 0 aliphatic carbocycles. The third kappa shape index (κ3) is 1.59. The van der Waals surface area contributed by atoms with Crippen LogP contribution in [0.25, 0.3) is 22.4 Å². The molecule has 4 nitrogen and oxygen atoms in total. The standard InChI is InChI=1S/C12H7N3OS/c1-7-15-12(11(5-13)17-7)8-2-3-9-10(4-8)16-6-14-9/h2-4,6H,1H3. The monoisotopic (exact) mass is 241 g/mol. The molecule has 2 aromatic heterocycles. The molecule has 5 heteroatoms. The summed E-state index contributed by atoms with van der Waals surface area (Å²) in [5, 5.41) is 9.93. The van der Waals surface area contributed by atoms with E-state index in [1.54, 1.807) is 0 Å². The number of hydrogen-bond donors (Lipinski definition) is 0. The Bertz CT molecular complexity index is 736. The van der Waals surface area contributed by atoms with Crippen LogP contribution in [-0.2, 0) is 0 Å². The van der Waals surface area contributed by atoms with Crippen LogP contribution in [0.3, 0.4) is 0 Å². The second-order valence-electron chi connectivity index (χ2n) is 3.56. The van der Waals surface area contributed by atoms with Crippen LogP contribution in [0, 0.1) is 18.3 Å². The second kappa shape index (κ2) is 3.68. The van der Waals surface area contributed by atoms with Crippen molar-refractivity contribution in [3.05, 3.63) is 34.5 Å². The summed E-state index contributed by atoms with van der Waals surface area (Å²) in [6, 6.07) is 7.79. The van der Waals surface area contributed by atoms with Crippen LogP contribution < -0.4 is 0 Å². The van der Waals surface area contributed by atoms with E-state index in [0.29, 0.717) is 16.2 Å². The van der Waals surface area contributed by atoms with Gasteiger partial charge in [0.2, 0.25) is 0 Å². The van der Waals surface area contributed by atoms with Gasteiger partial charge in [-0.2, -0.15) is 5.26 Å². The second-order valence-corrected chi connectivity index (χ2v) is 4.76. The van der Waals surface area contributed by atoms with E-state index in [9.17, 15) is 0 Å². The van der Waals surface area contributed by atoms with Crippen LogP contribution in [0.1, 0.15) is 9.88 Å². The summed E-state index contributed by atoms with van der Waals surface area (Å²) in [5.74, 6) is 0. The zero-order valence-electron chi connectivity index (χ0n) is 8.97. The smallest absolute Gasteiger partial charge is 0.181 e. The third-order valence-corrected chi connectivity index (χ3v) is 3.32. The van der Waals surface area contributed by atoms with Gasteiger partial charge in [-0.25, -0.2) is 9.97 Å². The van der Waals surface area contributed by atoms with Gasteiger partial charge in [-0.05, 0) is 19.1 Å². The predicted octanol–water partition coefficient (Wildman–Crippen LogP) is 3.13. The van der Waals surface area contributed by atoms with Gasteiger partial charge >= 0.3 is 0 Å². The number of nitrogens with zero attached hydrogens (tertiary/aromatic N) is 3. The van der Waals surface area contributed by atoms with E-state index in [4.69, 9.17) is 9.68 Å². The van der Waals surface area contributed by atoms with Crippen LogP contribution in [0.15, 0.2) is 29.0 Å². The number of aryl methyl sites for hydroxylation is 1. The molecule has 0 atom stereocenters. The van der Waals surface area contributed by atoms with Gasteiger partial charge in [0.25, 0.3) is 0 Å². The number of benzene rings is 1. The summed E-state index contributed by atoms with van der Waals surface area (Å²) in [6.07, 6.45) is 1.41. The van der Waals surface area contributed by atoms with Crippen molar-refractivity contribution in [1.29, 1.82) is 5.26 Å². The highest BCUT2D eigenvalue weighted by Crippen LogP contribution is 2.29. The Kier molecular flexibility index (Phi) is 2.16. The Balaban J connectivity index is 2.23. The molecule has 0 N–H and O–H groups in total. The first kappa shape index (κ1) is 10.00. The van der Waals surface area contributed by atoms with Gasteiger partial charge in [0.05, 0.1) is 10.7 Å². The minimum atomic E-state index is 0.626. The maximum absolute atomic E-state index is 9.05. The largest absolute Gasteiger partial charge is 0.443 e. The highest BCUT2D eigenvalue weighted by molar-refractivity contribution is 7.12. The normalized spacial score (nSPS) is 10.6. The Labute approximate surface area is 101 Å². The molecule has 0 spiro atoms. The molecule has 1 aromatic carbocycles. The first-order valence-corrected chi connectivity index (χ1v) is 5.81. The number of fused-ring (bicyclic) bond motifs is 1. The topological polar surface area (TPSA) is 62.7 Å². The zero-order valence-corrected chi connectivity index (χ0v) is 9.78. The zero-order chi connectivity index (χ0) is 11.8. The van der Waals surface area contributed by atoms with Crippen LogP contribution in [0.5, 0.6) is 0 Å². The van der Waals surface area contributed by atoms with Crippen LogP contribution >= 0.6 is 11.3 Å². The lowest BCUT2D eigenvalue weighted by atomic mass is 10.1. The SMILES string of the molecule is Cc1nc(-c2ccc3ncoc3c2)c(C#N)s1. The molecule has 3 aromatic rings. The van der Waals surface area contributed by atoms with Crippen molar-refractivity contribution in [3.63, 3.8) is 0 Å². The molecule has 0 unspecified atom stereocenters. The average Bonchev–Trinajstić information content (AvgIpc) is 2.93. The van der Waals surface area contributed by atoms with Crippen molar-refractivity contribution in [1.82, 2.24) is 9.97 Å². The first-order chi connectivity index (χ1) is 8.28. The molecule has 3 rings (SSSR count). The van der Waals surface area contributed by atoms with E-state index >= 15 is 0 Å². The Hall–Kier alpha value is -2.19. The van der Waals surface area contributed by atoms with Gasteiger partial charge in [-0.3, -0.25) is 0 Å². The maximum atomic E-state index is 9.05. The van der Waals surface area contributed by atoms with Crippen molar-refractivity contribution < 1.29 is 4.42 Å². The molecule has 2 heterocycles. The molecule has 0 saturated heterocycles. The van der Waals surface area contributed by atoms with Crippen LogP contribution in [0.2, 0.25) is 0 Å². The lowest BCUT2D eigenvalue weighted by molar-refractivity contribution is 0.602. The van der Waals surface area contributed by atoms with Gasteiger partial charge in [-0.15, -0.1) is 11.3 Å². The van der Waals surface area contributed by atoms with Gasteiger partial charge in [0.1, 0.15) is 16.5 Å². The minimum absolute atomic E-state index is 0.626. The lowest BCUT2D eigenvalue weighted by Gasteiger charge is -1.96. The third-order valence-electron chi connectivity index (χ3n) is 2.44. The molecule has 17 heavy (non-hydrogen) atoms. The van der Waals surface area contributed by atoms with Crippen LogP contribution in [-0.4, -0.2) is 9.97 Å². The molecule has 0 saturated carbocycles. The summed E-state index contributed by atoms with van der Waals surface area (Å²) < 4.78 is 5.24. The highest BCUT2D eigenvalue weighted by Gasteiger charge is 2.12. The van der Waals surface area contributed by atoms with Crippen molar-refractivity contribution >= 4 is 22.4 Å². The van der Waals surface area contributed by atoms with E-state index in [1.807, 2.05) is 25.1 Å². The van der Waals surface area contributed by atoms with Gasteiger partial charge in [-0.1, -0.05) is 6.07 Å². The number of nitriles is 1.